The summed E-state index contributed by atoms with van der Waals surface area (Å²) in [7, 11) is -1.79. The van der Waals surface area contributed by atoms with Crippen LogP contribution in [0.25, 0.3) is 0 Å². The highest BCUT2D eigenvalue weighted by Gasteiger charge is 2.10. The van der Waals surface area contributed by atoms with E-state index in [4.69, 9.17) is 14.7 Å². The average Bonchev–Trinajstić information content (AvgIpc) is 2.32. The number of hydrogen-bond donors (Lipinski definition) is 3. The van der Waals surface area contributed by atoms with Crippen LogP contribution in [0.1, 0.15) is 0 Å². The Morgan fingerprint density at radius 3 is 2.00 bits per heavy atom. The molecule has 4 nitrogen and oxygen atoms in total. The van der Waals surface area contributed by atoms with Crippen molar-refractivity contribution in [1.82, 2.24) is 0 Å². The maximum atomic E-state index is 8.63. The summed E-state index contributed by atoms with van der Waals surface area (Å²) in [5.74, 6) is 0.401. The molecule has 2 aromatic carbocycles. The molecule has 17 heavy (non-hydrogen) atoms. The molecule has 0 heterocycles. The number of para-hydroxylation sites is 1. The van der Waals surface area contributed by atoms with Gasteiger partial charge in [-0.1, -0.05) is 18.2 Å². The van der Waals surface area contributed by atoms with E-state index < -0.39 is 7.32 Å². The van der Waals surface area contributed by atoms with E-state index >= 15 is 0 Å². The molecule has 0 radical (unpaired) electrons. The van der Waals surface area contributed by atoms with Crippen molar-refractivity contribution >= 4 is 18.7 Å². The van der Waals surface area contributed by atoms with Crippen LogP contribution < -0.4 is 9.97 Å². The molecule has 0 atom stereocenters. The fourth-order valence-electron chi connectivity index (χ4n) is 1.43. The second kappa shape index (κ2) is 5.38. The lowest BCUT2D eigenvalue weighted by Crippen LogP contribution is -2.20. The molecule has 2 rings (SSSR count). The summed E-state index contributed by atoms with van der Waals surface area (Å²) in [5, 5.41) is 20.5. The minimum Gasteiger partial charge on any atom is -0.512 e. The number of benzene rings is 2. The molecular formula is C12H12BNO3. The molecule has 0 fully saturated rings. The minimum absolute atomic E-state index is 0.401. The van der Waals surface area contributed by atoms with Gasteiger partial charge in [0.15, 0.2) is 0 Å². The van der Waals surface area contributed by atoms with Gasteiger partial charge in [0.2, 0.25) is 0 Å². The quantitative estimate of drug-likeness (QED) is 0.699. The first-order valence-electron chi connectivity index (χ1n) is 5.19. The summed E-state index contributed by atoms with van der Waals surface area (Å²) >= 11 is 0. The van der Waals surface area contributed by atoms with Crippen molar-refractivity contribution < 1.29 is 14.7 Å². The molecule has 5 heteroatoms. The summed E-state index contributed by atoms with van der Waals surface area (Å²) in [6.45, 7) is 0. The Balaban J connectivity index is 2.03. The zero-order valence-corrected chi connectivity index (χ0v) is 9.08. The number of nitrogens with one attached hydrogen (secondary N) is 1. The molecule has 0 aliphatic heterocycles. The molecule has 0 aromatic heterocycles. The molecule has 3 N–H and O–H groups in total. The number of anilines is 2. The van der Waals surface area contributed by atoms with Crippen molar-refractivity contribution in [2.24, 2.45) is 0 Å². The summed E-state index contributed by atoms with van der Waals surface area (Å²) in [6, 6.07) is 16.7. The summed E-state index contributed by atoms with van der Waals surface area (Å²) in [4.78, 5) is 0. The normalized spacial score (nSPS) is 9.76. The Kier molecular flexibility index (Phi) is 3.64. The predicted octanol–water partition coefficient (Wildman–Crippen LogP) is 1.78. The van der Waals surface area contributed by atoms with Crippen molar-refractivity contribution in [1.29, 1.82) is 0 Å². The van der Waals surface area contributed by atoms with Crippen molar-refractivity contribution in [3.63, 3.8) is 0 Å². The van der Waals surface area contributed by atoms with Crippen LogP contribution in [0.3, 0.4) is 0 Å². The number of rotatable bonds is 4. The Morgan fingerprint density at radius 1 is 0.824 bits per heavy atom. The van der Waals surface area contributed by atoms with E-state index in [2.05, 4.69) is 5.32 Å². The lowest BCUT2D eigenvalue weighted by molar-refractivity contribution is 0.288. The topological polar surface area (TPSA) is 61.7 Å². The third-order valence-corrected chi connectivity index (χ3v) is 2.16. The summed E-state index contributed by atoms with van der Waals surface area (Å²) in [5.41, 5.74) is 1.89. The van der Waals surface area contributed by atoms with E-state index in [9.17, 15) is 0 Å². The van der Waals surface area contributed by atoms with Crippen LogP contribution in [-0.2, 0) is 0 Å². The standard InChI is InChI=1S/C12H12BNO3/c15-13(16)17-12-8-6-11(7-9-12)14-10-4-2-1-3-5-10/h1-9,14-16H. The Bertz CT molecular complexity index is 459. The van der Waals surface area contributed by atoms with E-state index in [1.165, 1.54) is 0 Å². The van der Waals surface area contributed by atoms with E-state index in [1.54, 1.807) is 24.3 Å². The van der Waals surface area contributed by atoms with Gasteiger partial charge in [0.1, 0.15) is 5.75 Å². The maximum Gasteiger partial charge on any atom is 0.707 e. The van der Waals surface area contributed by atoms with Gasteiger partial charge in [0.25, 0.3) is 0 Å². The highest BCUT2D eigenvalue weighted by Crippen LogP contribution is 2.19. The van der Waals surface area contributed by atoms with Crippen molar-refractivity contribution in [3.8, 4) is 5.75 Å². The second-order valence-corrected chi connectivity index (χ2v) is 3.46. The van der Waals surface area contributed by atoms with Crippen molar-refractivity contribution in [3.05, 3.63) is 54.6 Å². The molecular weight excluding hydrogens is 217 g/mol. The van der Waals surface area contributed by atoms with Gasteiger partial charge in [0.05, 0.1) is 0 Å². The molecule has 0 bridgehead atoms. The van der Waals surface area contributed by atoms with Crippen LogP contribution in [0.5, 0.6) is 5.75 Å². The minimum atomic E-state index is -1.79. The Morgan fingerprint density at radius 2 is 1.41 bits per heavy atom. The first-order chi connectivity index (χ1) is 8.24. The molecule has 0 spiro atoms. The molecule has 0 unspecified atom stereocenters. The van der Waals surface area contributed by atoms with E-state index in [0.717, 1.165) is 11.4 Å². The van der Waals surface area contributed by atoms with Gasteiger partial charge in [-0.2, -0.15) is 0 Å². The van der Waals surface area contributed by atoms with Crippen LogP contribution in [0.15, 0.2) is 54.6 Å². The predicted molar refractivity (Wildman–Crippen MR) is 67.0 cm³/mol. The highest BCUT2D eigenvalue weighted by atomic mass is 16.6. The van der Waals surface area contributed by atoms with Gasteiger partial charge in [-0.15, -0.1) is 0 Å². The van der Waals surface area contributed by atoms with Crippen LogP contribution in [0, 0.1) is 0 Å². The first kappa shape index (κ1) is 11.5. The molecule has 2 aromatic rings. The molecule has 0 aliphatic carbocycles. The molecule has 0 saturated carbocycles. The van der Waals surface area contributed by atoms with Gasteiger partial charge >= 0.3 is 7.32 Å². The third-order valence-electron chi connectivity index (χ3n) is 2.16. The fourth-order valence-corrected chi connectivity index (χ4v) is 1.43. The van der Waals surface area contributed by atoms with E-state index in [1.807, 2.05) is 30.3 Å². The zero-order chi connectivity index (χ0) is 12.1. The lowest BCUT2D eigenvalue weighted by atomic mass is 10.2. The van der Waals surface area contributed by atoms with Crippen LogP contribution in [0.4, 0.5) is 11.4 Å². The SMILES string of the molecule is OB(O)Oc1ccc(Nc2ccccc2)cc1. The van der Waals surface area contributed by atoms with E-state index in [0.29, 0.717) is 5.75 Å². The molecule has 0 amide bonds. The van der Waals surface area contributed by atoms with E-state index in [-0.39, 0.29) is 0 Å². The largest absolute Gasteiger partial charge is 0.707 e. The fraction of sp³-hybridized carbons (Fsp3) is 0. The van der Waals surface area contributed by atoms with Crippen LogP contribution in [-0.4, -0.2) is 17.4 Å². The van der Waals surface area contributed by atoms with Gasteiger partial charge in [-0.3, -0.25) is 0 Å². The van der Waals surface area contributed by atoms with Crippen molar-refractivity contribution in [2.75, 3.05) is 5.32 Å². The third kappa shape index (κ3) is 3.51. The maximum absolute atomic E-state index is 8.63. The van der Waals surface area contributed by atoms with Crippen LogP contribution >= 0.6 is 0 Å². The Labute approximate surface area is 99.7 Å². The average molecular weight is 229 g/mol. The van der Waals surface area contributed by atoms with Crippen molar-refractivity contribution in [2.45, 2.75) is 0 Å². The molecule has 86 valence electrons. The smallest absolute Gasteiger partial charge is 0.512 e. The monoisotopic (exact) mass is 229 g/mol. The van der Waals surface area contributed by atoms with Gasteiger partial charge in [-0.05, 0) is 36.4 Å². The lowest BCUT2D eigenvalue weighted by Gasteiger charge is -2.08. The summed E-state index contributed by atoms with van der Waals surface area (Å²) < 4.78 is 4.70. The zero-order valence-electron chi connectivity index (χ0n) is 9.08. The highest BCUT2D eigenvalue weighted by molar-refractivity contribution is 6.33. The molecule has 0 aliphatic rings. The van der Waals surface area contributed by atoms with Crippen LogP contribution in [0.2, 0.25) is 0 Å². The number of hydrogen-bond acceptors (Lipinski definition) is 4. The molecule has 0 saturated heterocycles. The second-order valence-electron chi connectivity index (χ2n) is 3.46. The first-order valence-corrected chi connectivity index (χ1v) is 5.19. The van der Waals surface area contributed by atoms with Gasteiger partial charge in [-0.25, -0.2) is 0 Å². The summed E-state index contributed by atoms with van der Waals surface area (Å²) in [6.07, 6.45) is 0. The van der Waals surface area contributed by atoms with Gasteiger partial charge < -0.3 is 20.0 Å². The van der Waals surface area contributed by atoms with Gasteiger partial charge in [0, 0.05) is 11.4 Å². The Hall–Kier alpha value is -1.98.